The Morgan fingerprint density at radius 2 is 1.80 bits per heavy atom. The first-order chi connectivity index (χ1) is 4.72. The molecular formula is C7H11ClF2. The van der Waals surface area contributed by atoms with Crippen molar-refractivity contribution in [3.63, 3.8) is 0 Å². The predicted molar refractivity (Wildman–Crippen MR) is 37.6 cm³/mol. The summed E-state index contributed by atoms with van der Waals surface area (Å²) in [4.78, 5) is 0. The molecule has 1 aliphatic rings. The van der Waals surface area contributed by atoms with Crippen LogP contribution in [0.25, 0.3) is 0 Å². The summed E-state index contributed by atoms with van der Waals surface area (Å²) < 4.78 is 24.2. The van der Waals surface area contributed by atoms with Crippen LogP contribution in [0.4, 0.5) is 8.78 Å². The lowest BCUT2D eigenvalue weighted by atomic mass is 9.89. The number of rotatable bonds is 1. The van der Waals surface area contributed by atoms with Gasteiger partial charge in [-0.3, -0.25) is 0 Å². The van der Waals surface area contributed by atoms with Crippen molar-refractivity contribution in [2.75, 3.05) is 0 Å². The molecule has 1 rings (SSSR count). The summed E-state index contributed by atoms with van der Waals surface area (Å²) in [5.74, 6) is -0.546. The minimum absolute atomic E-state index is 0.284. The highest BCUT2D eigenvalue weighted by Crippen LogP contribution is 2.32. The van der Waals surface area contributed by atoms with Crippen LogP contribution in [0.3, 0.4) is 0 Å². The van der Waals surface area contributed by atoms with Crippen molar-refractivity contribution in [3.05, 3.63) is 0 Å². The third kappa shape index (κ3) is 1.82. The van der Waals surface area contributed by atoms with Crippen molar-refractivity contribution in [2.24, 2.45) is 5.92 Å². The van der Waals surface area contributed by atoms with E-state index in [4.69, 9.17) is 11.6 Å². The quantitative estimate of drug-likeness (QED) is 0.528. The van der Waals surface area contributed by atoms with E-state index in [0.717, 1.165) is 19.3 Å². The fourth-order valence-corrected chi connectivity index (χ4v) is 1.79. The first kappa shape index (κ1) is 8.25. The zero-order valence-corrected chi connectivity index (χ0v) is 6.45. The van der Waals surface area contributed by atoms with Gasteiger partial charge in [-0.25, -0.2) is 8.78 Å². The van der Waals surface area contributed by atoms with Gasteiger partial charge in [0, 0.05) is 11.3 Å². The van der Waals surface area contributed by atoms with Gasteiger partial charge in [0.2, 0.25) is 6.43 Å². The molecule has 0 radical (unpaired) electrons. The molecular weight excluding hydrogens is 158 g/mol. The summed E-state index contributed by atoms with van der Waals surface area (Å²) in [5, 5.41) is -0.284. The van der Waals surface area contributed by atoms with E-state index in [-0.39, 0.29) is 5.38 Å². The van der Waals surface area contributed by atoms with E-state index in [1.54, 1.807) is 0 Å². The third-order valence-corrected chi connectivity index (χ3v) is 2.60. The number of hydrogen-bond acceptors (Lipinski definition) is 0. The normalized spacial score (nSPS) is 34.8. The lowest BCUT2D eigenvalue weighted by Gasteiger charge is -2.25. The first-order valence-corrected chi connectivity index (χ1v) is 4.07. The average Bonchev–Trinajstić information content (AvgIpc) is 1.88. The van der Waals surface area contributed by atoms with Crippen LogP contribution in [0.1, 0.15) is 25.7 Å². The Labute approximate surface area is 64.6 Å². The summed E-state index contributed by atoms with van der Waals surface area (Å²) in [7, 11) is 0. The fraction of sp³-hybridized carbons (Fsp3) is 1.00. The molecule has 0 aliphatic heterocycles. The maximum atomic E-state index is 12.1. The van der Waals surface area contributed by atoms with E-state index >= 15 is 0 Å². The molecule has 0 N–H and O–H groups in total. The van der Waals surface area contributed by atoms with Gasteiger partial charge in [0.1, 0.15) is 0 Å². The van der Waals surface area contributed by atoms with Crippen LogP contribution in [-0.4, -0.2) is 11.8 Å². The van der Waals surface area contributed by atoms with Crippen LogP contribution in [0.15, 0.2) is 0 Å². The number of halogens is 3. The molecule has 0 aromatic heterocycles. The van der Waals surface area contributed by atoms with Crippen LogP contribution in [-0.2, 0) is 0 Å². The summed E-state index contributed by atoms with van der Waals surface area (Å²) in [6, 6.07) is 0. The summed E-state index contributed by atoms with van der Waals surface area (Å²) in [6.07, 6.45) is 1.07. The summed E-state index contributed by atoms with van der Waals surface area (Å²) in [5.41, 5.74) is 0. The molecule has 0 aromatic rings. The zero-order valence-electron chi connectivity index (χ0n) is 5.69. The Balaban J connectivity index is 2.40. The van der Waals surface area contributed by atoms with Crippen LogP contribution in [0.2, 0.25) is 0 Å². The Morgan fingerprint density at radius 1 is 1.20 bits per heavy atom. The standard InChI is InChI=1S/C7H11ClF2/c8-6-4-2-1-3-5(6)7(9)10/h5-7H,1-4H2. The molecule has 0 saturated heterocycles. The highest BCUT2D eigenvalue weighted by molar-refractivity contribution is 6.20. The van der Waals surface area contributed by atoms with Gasteiger partial charge < -0.3 is 0 Å². The monoisotopic (exact) mass is 168 g/mol. The van der Waals surface area contributed by atoms with E-state index in [1.165, 1.54) is 0 Å². The molecule has 10 heavy (non-hydrogen) atoms. The maximum absolute atomic E-state index is 12.1. The number of hydrogen-bond donors (Lipinski definition) is 0. The second-order valence-electron chi connectivity index (χ2n) is 2.80. The fourth-order valence-electron chi connectivity index (χ4n) is 1.40. The van der Waals surface area contributed by atoms with Crippen LogP contribution >= 0.6 is 11.6 Å². The molecule has 1 saturated carbocycles. The van der Waals surface area contributed by atoms with Crippen LogP contribution in [0.5, 0.6) is 0 Å². The lowest BCUT2D eigenvalue weighted by molar-refractivity contribution is 0.0587. The van der Waals surface area contributed by atoms with Gasteiger partial charge >= 0.3 is 0 Å². The van der Waals surface area contributed by atoms with Gasteiger partial charge in [0.25, 0.3) is 0 Å². The van der Waals surface area contributed by atoms with E-state index < -0.39 is 12.3 Å². The molecule has 0 bridgehead atoms. The van der Waals surface area contributed by atoms with Crippen LogP contribution < -0.4 is 0 Å². The summed E-state index contributed by atoms with van der Waals surface area (Å²) >= 11 is 5.70. The maximum Gasteiger partial charge on any atom is 0.242 e. The molecule has 2 unspecified atom stereocenters. The molecule has 1 fully saturated rings. The zero-order chi connectivity index (χ0) is 7.56. The second-order valence-corrected chi connectivity index (χ2v) is 3.36. The van der Waals surface area contributed by atoms with Gasteiger partial charge in [-0.2, -0.15) is 0 Å². The largest absolute Gasteiger partial charge is 0.242 e. The van der Waals surface area contributed by atoms with Crippen LogP contribution in [0, 0.1) is 5.92 Å². The van der Waals surface area contributed by atoms with E-state index in [0.29, 0.717) is 6.42 Å². The van der Waals surface area contributed by atoms with E-state index in [1.807, 2.05) is 0 Å². The molecule has 0 aromatic carbocycles. The molecule has 0 heterocycles. The Kier molecular flexibility index (Phi) is 2.90. The molecule has 0 nitrogen and oxygen atoms in total. The van der Waals surface area contributed by atoms with Gasteiger partial charge in [-0.05, 0) is 12.8 Å². The second kappa shape index (κ2) is 3.51. The Hall–Kier alpha value is 0.150. The molecule has 60 valence electrons. The Bertz CT molecular complexity index is 106. The first-order valence-electron chi connectivity index (χ1n) is 3.64. The van der Waals surface area contributed by atoms with Gasteiger partial charge in [-0.15, -0.1) is 11.6 Å². The minimum Gasteiger partial charge on any atom is -0.210 e. The summed E-state index contributed by atoms with van der Waals surface area (Å²) in [6.45, 7) is 0. The molecule has 1 aliphatic carbocycles. The van der Waals surface area contributed by atoms with Gasteiger partial charge in [0.05, 0.1) is 0 Å². The van der Waals surface area contributed by atoms with Gasteiger partial charge in [0.15, 0.2) is 0 Å². The van der Waals surface area contributed by atoms with Crippen molar-refractivity contribution in [2.45, 2.75) is 37.5 Å². The smallest absolute Gasteiger partial charge is 0.210 e. The lowest BCUT2D eigenvalue weighted by Crippen LogP contribution is -2.25. The van der Waals surface area contributed by atoms with Gasteiger partial charge in [-0.1, -0.05) is 12.8 Å². The number of alkyl halides is 3. The van der Waals surface area contributed by atoms with Crippen molar-refractivity contribution < 1.29 is 8.78 Å². The van der Waals surface area contributed by atoms with Crippen molar-refractivity contribution in [1.82, 2.24) is 0 Å². The minimum atomic E-state index is -2.22. The average molecular weight is 169 g/mol. The highest BCUT2D eigenvalue weighted by Gasteiger charge is 2.30. The molecule has 0 spiro atoms. The van der Waals surface area contributed by atoms with Crippen molar-refractivity contribution in [3.8, 4) is 0 Å². The molecule has 2 atom stereocenters. The third-order valence-electron chi connectivity index (χ3n) is 2.06. The topological polar surface area (TPSA) is 0 Å². The highest BCUT2D eigenvalue weighted by atomic mass is 35.5. The van der Waals surface area contributed by atoms with Crippen molar-refractivity contribution in [1.29, 1.82) is 0 Å². The van der Waals surface area contributed by atoms with Crippen molar-refractivity contribution >= 4 is 11.6 Å². The Morgan fingerprint density at radius 3 is 2.20 bits per heavy atom. The SMILES string of the molecule is FC(F)C1CCCCC1Cl. The predicted octanol–water partition coefficient (Wildman–Crippen LogP) is 3.05. The molecule has 0 amide bonds. The van der Waals surface area contributed by atoms with E-state index in [9.17, 15) is 8.78 Å². The van der Waals surface area contributed by atoms with E-state index in [2.05, 4.69) is 0 Å². The molecule has 3 heteroatoms.